The molecule has 1 N–H and O–H groups in total. The van der Waals surface area contributed by atoms with Crippen LogP contribution in [0.4, 0.5) is 0 Å². The highest BCUT2D eigenvalue weighted by atomic mass is 28.4. The van der Waals surface area contributed by atoms with Crippen LogP contribution in [-0.2, 0) is 10.8 Å². The van der Waals surface area contributed by atoms with Crippen LogP contribution in [0.5, 0.6) is 0 Å². The summed E-state index contributed by atoms with van der Waals surface area (Å²) in [4.78, 5) is 12.4. The van der Waals surface area contributed by atoms with Crippen LogP contribution in [0.15, 0.2) is 55.0 Å². The van der Waals surface area contributed by atoms with Crippen LogP contribution in [0.3, 0.4) is 0 Å². The first-order valence-corrected chi connectivity index (χ1v) is 13.6. The van der Waals surface area contributed by atoms with Crippen LogP contribution < -0.4 is 0 Å². The van der Waals surface area contributed by atoms with Gasteiger partial charge in [0.05, 0.1) is 0 Å². The molecule has 0 aliphatic carbocycles. The van der Waals surface area contributed by atoms with E-state index in [0.29, 0.717) is 0 Å². The smallest absolute Gasteiger partial charge is 0.191 e. The number of aromatic nitrogens is 3. The van der Waals surface area contributed by atoms with Gasteiger partial charge < -0.3 is 9.41 Å². The number of hydrogen-bond acceptors (Lipinski definition) is 3. The van der Waals surface area contributed by atoms with Gasteiger partial charge >= 0.3 is 0 Å². The SMILES string of the molecule is CC(C)(C)[Si](C)(C)OCCCc1ccc(-c2ccc3c(c2)[nH]c2ccncc23)cn1. The van der Waals surface area contributed by atoms with E-state index in [0.717, 1.165) is 47.1 Å². The fraction of sp³-hybridized carbons (Fsp3) is 0.360. The van der Waals surface area contributed by atoms with Crippen molar-refractivity contribution in [3.05, 3.63) is 60.7 Å². The molecular formula is C25H31N3OSi. The van der Waals surface area contributed by atoms with E-state index in [1.54, 1.807) is 0 Å². The van der Waals surface area contributed by atoms with E-state index >= 15 is 0 Å². The number of nitrogens with zero attached hydrogens (tertiary/aromatic N) is 2. The first-order valence-electron chi connectivity index (χ1n) is 10.7. The van der Waals surface area contributed by atoms with Gasteiger partial charge in [0.25, 0.3) is 0 Å². The number of fused-ring (bicyclic) bond motifs is 3. The molecule has 0 fully saturated rings. The molecule has 0 saturated heterocycles. The third-order valence-electron chi connectivity index (χ3n) is 6.40. The quantitative estimate of drug-likeness (QED) is 0.279. The second-order valence-electron chi connectivity index (χ2n) is 9.56. The Labute approximate surface area is 179 Å². The molecule has 3 aromatic heterocycles. The second-order valence-corrected chi connectivity index (χ2v) is 14.4. The lowest BCUT2D eigenvalue weighted by Crippen LogP contribution is -2.41. The van der Waals surface area contributed by atoms with Crippen molar-refractivity contribution >= 4 is 30.1 Å². The van der Waals surface area contributed by atoms with Gasteiger partial charge in [-0.2, -0.15) is 0 Å². The summed E-state index contributed by atoms with van der Waals surface area (Å²) in [5.74, 6) is 0. The molecule has 0 unspecified atom stereocenters. The van der Waals surface area contributed by atoms with E-state index in [1.807, 2.05) is 24.7 Å². The molecule has 0 bridgehead atoms. The molecule has 30 heavy (non-hydrogen) atoms. The Balaban J connectivity index is 1.41. The molecule has 4 nitrogen and oxygen atoms in total. The minimum absolute atomic E-state index is 0.259. The fourth-order valence-electron chi connectivity index (χ4n) is 3.47. The zero-order valence-electron chi connectivity index (χ0n) is 18.6. The summed E-state index contributed by atoms with van der Waals surface area (Å²) in [6.07, 6.45) is 7.67. The Morgan fingerprint density at radius 1 is 0.933 bits per heavy atom. The van der Waals surface area contributed by atoms with Crippen LogP contribution in [0.2, 0.25) is 18.1 Å². The number of benzene rings is 1. The predicted octanol–water partition coefficient (Wildman–Crippen LogP) is 6.73. The largest absolute Gasteiger partial charge is 0.417 e. The van der Waals surface area contributed by atoms with Crippen molar-refractivity contribution in [1.82, 2.24) is 15.0 Å². The van der Waals surface area contributed by atoms with Crippen molar-refractivity contribution in [3.8, 4) is 11.1 Å². The highest BCUT2D eigenvalue weighted by Crippen LogP contribution is 2.36. The van der Waals surface area contributed by atoms with Gasteiger partial charge in [0.2, 0.25) is 0 Å². The average Bonchev–Trinajstić information content (AvgIpc) is 3.08. The topological polar surface area (TPSA) is 50.8 Å². The van der Waals surface area contributed by atoms with E-state index in [9.17, 15) is 0 Å². The highest BCUT2D eigenvalue weighted by molar-refractivity contribution is 6.74. The van der Waals surface area contributed by atoms with E-state index in [4.69, 9.17) is 9.41 Å². The minimum Gasteiger partial charge on any atom is -0.417 e. The average molecular weight is 418 g/mol. The number of aromatic amines is 1. The van der Waals surface area contributed by atoms with Gasteiger partial charge in [-0.3, -0.25) is 9.97 Å². The molecule has 4 rings (SSSR count). The minimum atomic E-state index is -1.66. The van der Waals surface area contributed by atoms with Crippen molar-refractivity contribution in [2.24, 2.45) is 0 Å². The zero-order chi connectivity index (χ0) is 21.4. The molecule has 0 aliphatic heterocycles. The lowest BCUT2D eigenvalue weighted by molar-refractivity contribution is 0.282. The van der Waals surface area contributed by atoms with Crippen molar-refractivity contribution in [3.63, 3.8) is 0 Å². The van der Waals surface area contributed by atoms with Gasteiger partial charge in [-0.15, -0.1) is 0 Å². The van der Waals surface area contributed by atoms with Gasteiger partial charge in [0.15, 0.2) is 8.32 Å². The maximum absolute atomic E-state index is 6.28. The number of H-pyrrole nitrogens is 1. The maximum atomic E-state index is 6.28. The molecule has 0 aliphatic rings. The summed E-state index contributed by atoms with van der Waals surface area (Å²) >= 11 is 0. The second kappa shape index (κ2) is 7.97. The zero-order valence-corrected chi connectivity index (χ0v) is 19.6. The Morgan fingerprint density at radius 2 is 1.73 bits per heavy atom. The molecule has 156 valence electrons. The summed E-state index contributed by atoms with van der Waals surface area (Å²) in [5, 5.41) is 2.62. The van der Waals surface area contributed by atoms with Crippen LogP contribution in [0.25, 0.3) is 32.9 Å². The van der Waals surface area contributed by atoms with Crippen LogP contribution in [0.1, 0.15) is 32.9 Å². The molecule has 1 aromatic carbocycles. The highest BCUT2D eigenvalue weighted by Gasteiger charge is 2.36. The monoisotopic (exact) mass is 417 g/mol. The molecule has 0 atom stereocenters. The number of nitrogens with one attached hydrogen (secondary N) is 1. The van der Waals surface area contributed by atoms with Crippen LogP contribution in [-0.4, -0.2) is 29.9 Å². The number of pyridine rings is 2. The Hall–Kier alpha value is -2.50. The molecule has 0 spiro atoms. The third-order valence-corrected chi connectivity index (χ3v) is 10.9. The lowest BCUT2D eigenvalue weighted by atomic mass is 10.0. The van der Waals surface area contributed by atoms with Crippen molar-refractivity contribution in [2.75, 3.05) is 6.61 Å². The fourth-order valence-corrected chi connectivity index (χ4v) is 4.55. The molecule has 3 heterocycles. The van der Waals surface area contributed by atoms with E-state index in [-0.39, 0.29) is 5.04 Å². The molecule has 0 saturated carbocycles. The van der Waals surface area contributed by atoms with E-state index in [2.05, 4.69) is 74.2 Å². The third kappa shape index (κ3) is 4.18. The molecule has 0 radical (unpaired) electrons. The molecule has 0 amide bonds. The summed E-state index contributed by atoms with van der Waals surface area (Å²) < 4.78 is 6.28. The lowest BCUT2D eigenvalue weighted by Gasteiger charge is -2.36. The van der Waals surface area contributed by atoms with Crippen molar-refractivity contribution < 1.29 is 4.43 Å². The number of rotatable bonds is 6. The van der Waals surface area contributed by atoms with E-state index in [1.165, 1.54) is 10.9 Å². The number of aryl methyl sites for hydroxylation is 1. The first-order chi connectivity index (χ1) is 14.2. The van der Waals surface area contributed by atoms with Crippen molar-refractivity contribution in [1.29, 1.82) is 0 Å². The van der Waals surface area contributed by atoms with Crippen LogP contribution >= 0.6 is 0 Å². The maximum Gasteiger partial charge on any atom is 0.191 e. The van der Waals surface area contributed by atoms with Gasteiger partial charge in [0.1, 0.15) is 0 Å². The summed E-state index contributed by atoms with van der Waals surface area (Å²) in [6.45, 7) is 12.3. The van der Waals surface area contributed by atoms with Gasteiger partial charge in [0, 0.05) is 58.3 Å². The standard InChI is InChI=1S/C25H31N3OSi/c1-25(2,3)30(4,5)29-14-6-7-20-10-8-19(16-27-20)18-9-11-21-22-17-26-13-12-23(22)28-24(21)15-18/h8-13,15-17,28H,6-7,14H2,1-5H3. The van der Waals surface area contributed by atoms with E-state index < -0.39 is 8.32 Å². The van der Waals surface area contributed by atoms with Crippen molar-refractivity contribution in [2.45, 2.75) is 51.7 Å². The normalized spacial score (nSPS) is 12.7. The Morgan fingerprint density at radius 3 is 2.47 bits per heavy atom. The summed E-state index contributed by atoms with van der Waals surface area (Å²) in [7, 11) is -1.66. The van der Waals surface area contributed by atoms with Gasteiger partial charge in [-0.05, 0) is 54.7 Å². The van der Waals surface area contributed by atoms with Gasteiger partial charge in [-0.1, -0.05) is 39.0 Å². The molecule has 5 heteroatoms. The predicted molar refractivity (Wildman–Crippen MR) is 128 cm³/mol. The Bertz CT molecular complexity index is 1160. The molecule has 4 aromatic rings. The van der Waals surface area contributed by atoms with Gasteiger partial charge in [-0.25, -0.2) is 0 Å². The summed E-state index contributed by atoms with van der Waals surface area (Å²) in [5.41, 5.74) is 5.67. The number of hydrogen-bond donors (Lipinski definition) is 1. The summed E-state index contributed by atoms with van der Waals surface area (Å²) in [6, 6.07) is 12.8. The van der Waals surface area contributed by atoms with Crippen LogP contribution in [0, 0.1) is 0 Å². The Kier molecular flexibility index (Phi) is 5.51. The first kappa shape index (κ1) is 20.8. The molecular weight excluding hydrogens is 386 g/mol.